The van der Waals surface area contributed by atoms with Gasteiger partial charge in [-0.3, -0.25) is 23.5 Å². The van der Waals surface area contributed by atoms with Crippen LogP contribution in [-0.4, -0.2) is 82.4 Å². The van der Waals surface area contributed by atoms with Crippen molar-refractivity contribution < 1.29 is 51.0 Å². The van der Waals surface area contributed by atoms with Gasteiger partial charge in [-0.05, 0) is 73.2 Å². The van der Waals surface area contributed by atoms with Crippen molar-refractivity contribution in [3.8, 4) is 11.3 Å². The average molecular weight is 763 g/mol. The number of aliphatic hydroxyl groups is 1. The van der Waals surface area contributed by atoms with E-state index in [0.29, 0.717) is 22.1 Å². The predicted octanol–water partition coefficient (Wildman–Crippen LogP) is 3.90. The maximum absolute atomic E-state index is 13.7. The van der Waals surface area contributed by atoms with Gasteiger partial charge in [0.15, 0.2) is 11.6 Å². The number of sulfonamides is 1. The van der Waals surface area contributed by atoms with Gasteiger partial charge in [0.1, 0.15) is 17.2 Å². The molecule has 0 unspecified atom stereocenters. The fourth-order valence-electron chi connectivity index (χ4n) is 5.72. The number of ketones is 2. The number of nitrogens with zero attached hydrogens (tertiary/aromatic N) is 1. The number of furan rings is 1. The first kappa shape index (κ1) is 39.3. The van der Waals surface area contributed by atoms with Gasteiger partial charge in [0, 0.05) is 42.2 Å². The van der Waals surface area contributed by atoms with Crippen molar-refractivity contribution in [2.24, 2.45) is 0 Å². The first-order valence-corrected chi connectivity index (χ1v) is 18.8. The van der Waals surface area contributed by atoms with Gasteiger partial charge < -0.3 is 30.2 Å². The second-order valence-corrected chi connectivity index (χ2v) is 14.5. The first-order valence-electron chi connectivity index (χ1n) is 17.0. The van der Waals surface area contributed by atoms with Crippen LogP contribution >= 0.6 is 0 Å². The summed E-state index contributed by atoms with van der Waals surface area (Å²) in [6.07, 6.45) is 3.27. The number of carbonyl (C=O) groups excluding carboxylic acids is 5. The van der Waals surface area contributed by atoms with Gasteiger partial charge in [0.25, 0.3) is 5.91 Å². The van der Waals surface area contributed by atoms with Crippen LogP contribution < -0.4 is 20.3 Å². The lowest BCUT2D eigenvalue weighted by atomic mass is 10.0. The standard InChI is InChI=1S/C38H39FN4O10S/c1-4-52-38(49)32(46)17-31(45)25-7-5-6-22(14-25)18-42-34(47)20-41-19-27(44)21-43(54(3,50)51)30-16-33-29(15-28(30)23-8-9-23)35(37(48)40-2)36(53-33)24-10-12-26(39)13-11-24/h5-7,10-17,23,41,46H,4,8-9,18-21H2,1-3H3,(H,40,48)(H,42,47)/b32-17-. The topological polar surface area (TPSA) is 201 Å². The quantitative estimate of drug-likeness (QED) is 0.0526. The molecule has 284 valence electrons. The fraction of sp³-hybridized carbons (Fsp3) is 0.289. The fourth-order valence-corrected chi connectivity index (χ4v) is 6.62. The highest BCUT2D eigenvalue weighted by molar-refractivity contribution is 7.92. The minimum absolute atomic E-state index is 0.0145. The molecule has 0 spiro atoms. The number of rotatable bonds is 17. The minimum Gasteiger partial charge on any atom is -0.502 e. The van der Waals surface area contributed by atoms with Crippen LogP contribution in [0.5, 0.6) is 0 Å². The van der Waals surface area contributed by atoms with Crippen molar-refractivity contribution in [1.29, 1.82) is 0 Å². The van der Waals surface area contributed by atoms with E-state index in [1.807, 2.05) is 0 Å². The van der Waals surface area contributed by atoms with E-state index in [1.54, 1.807) is 25.1 Å². The number of carbonyl (C=O) groups is 5. The highest BCUT2D eigenvalue weighted by Crippen LogP contribution is 2.48. The maximum Gasteiger partial charge on any atom is 0.373 e. The summed E-state index contributed by atoms with van der Waals surface area (Å²) < 4.78 is 51.8. The number of benzene rings is 3. The second-order valence-electron chi connectivity index (χ2n) is 12.6. The van der Waals surface area contributed by atoms with Crippen LogP contribution in [-0.2, 0) is 35.7 Å². The third kappa shape index (κ3) is 9.56. The molecule has 0 atom stereocenters. The molecule has 0 saturated heterocycles. The number of esters is 1. The molecule has 4 N–H and O–H groups in total. The molecule has 0 radical (unpaired) electrons. The summed E-state index contributed by atoms with van der Waals surface area (Å²) in [5.41, 5.74) is 2.41. The highest BCUT2D eigenvalue weighted by Gasteiger charge is 2.34. The zero-order valence-electron chi connectivity index (χ0n) is 29.7. The molecular formula is C38H39FN4O10S. The third-order valence-electron chi connectivity index (χ3n) is 8.47. The number of allylic oxidation sites excluding steroid dienone is 1. The molecule has 54 heavy (non-hydrogen) atoms. The average Bonchev–Trinajstić information content (AvgIpc) is 3.92. The summed E-state index contributed by atoms with van der Waals surface area (Å²) in [6.45, 7) is 0.442. The Labute approximate surface area is 310 Å². The van der Waals surface area contributed by atoms with Gasteiger partial charge in [-0.15, -0.1) is 0 Å². The smallest absolute Gasteiger partial charge is 0.373 e. The summed E-state index contributed by atoms with van der Waals surface area (Å²) >= 11 is 0. The molecule has 14 nitrogen and oxygen atoms in total. The summed E-state index contributed by atoms with van der Waals surface area (Å²) in [4.78, 5) is 62.9. The molecule has 1 aliphatic rings. The van der Waals surface area contributed by atoms with E-state index < -0.39 is 57.5 Å². The number of amides is 2. The molecule has 1 fully saturated rings. The molecule has 2 amide bonds. The molecule has 3 aromatic carbocycles. The van der Waals surface area contributed by atoms with E-state index in [-0.39, 0.29) is 60.3 Å². The monoisotopic (exact) mass is 762 g/mol. The molecule has 1 saturated carbocycles. The molecule has 1 aromatic heterocycles. The Hall–Kier alpha value is -5.87. The summed E-state index contributed by atoms with van der Waals surface area (Å²) in [6, 6.07) is 14.8. The number of ether oxygens (including phenoxy) is 1. The molecule has 0 aliphatic heterocycles. The van der Waals surface area contributed by atoms with E-state index in [9.17, 15) is 41.9 Å². The van der Waals surface area contributed by atoms with Gasteiger partial charge in [-0.25, -0.2) is 17.6 Å². The van der Waals surface area contributed by atoms with Gasteiger partial charge in [0.05, 0.1) is 43.7 Å². The number of aliphatic hydroxyl groups excluding tert-OH is 1. The van der Waals surface area contributed by atoms with Gasteiger partial charge in [-0.1, -0.05) is 18.2 Å². The second kappa shape index (κ2) is 16.9. The Morgan fingerprint density at radius 1 is 1.04 bits per heavy atom. The zero-order chi connectivity index (χ0) is 39.2. The van der Waals surface area contributed by atoms with Gasteiger partial charge in [0.2, 0.25) is 21.7 Å². The number of fused-ring (bicyclic) bond motifs is 1. The van der Waals surface area contributed by atoms with Crippen LogP contribution in [0.1, 0.15) is 57.5 Å². The van der Waals surface area contributed by atoms with E-state index in [1.165, 1.54) is 49.5 Å². The Morgan fingerprint density at radius 2 is 1.76 bits per heavy atom. The molecule has 5 rings (SSSR count). The van der Waals surface area contributed by atoms with Crippen LogP contribution in [0.25, 0.3) is 22.3 Å². The molecule has 1 heterocycles. The number of nitrogens with one attached hydrogen (secondary N) is 3. The van der Waals surface area contributed by atoms with E-state index in [4.69, 9.17) is 4.42 Å². The van der Waals surface area contributed by atoms with Crippen LogP contribution in [0.15, 0.2) is 76.9 Å². The third-order valence-corrected chi connectivity index (χ3v) is 9.59. The Balaban J connectivity index is 1.26. The molecule has 0 bridgehead atoms. The zero-order valence-corrected chi connectivity index (χ0v) is 30.5. The number of hydrogen-bond acceptors (Lipinski definition) is 11. The van der Waals surface area contributed by atoms with Crippen LogP contribution in [0.4, 0.5) is 10.1 Å². The SMILES string of the molecule is CCOC(=O)/C(O)=C/C(=O)c1cccc(CNC(=O)CNCC(=O)CN(c2cc3oc(-c4ccc(F)cc4)c(C(=O)NC)c3cc2C2CC2)S(C)(=O)=O)c1. The largest absolute Gasteiger partial charge is 0.502 e. The van der Waals surface area contributed by atoms with Crippen LogP contribution in [0, 0.1) is 5.82 Å². The van der Waals surface area contributed by atoms with Crippen molar-refractivity contribution >= 4 is 56.0 Å². The Bertz CT molecular complexity index is 2250. The van der Waals surface area contributed by atoms with Crippen molar-refractivity contribution in [1.82, 2.24) is 16.0 Å². The van der Waals surface area contributed by atoms with Crippen molar-refractivity contribution in [2.45, 2.75) is 32.2 Å². The van der Waals surface area contributed by atoms with Crippen molar-refractivity contribution in [2.75, 3.05) is 43.8 Å². The Kier molecular flexibility index (Phi) is 12.3. The predicted molar refractivity (Wildman–Crippen MR) is 197 cm³/mol. The maximum atomic E-state index is 13.7. The number of hydrogen-bond donors (Lipinski definition) is 4. The van der Waals surface area contributed by atoms with Crippen LogP contribution in [0.2, 0.25) is 0 Å². The first-order chi connectivity index (χ1) is 25.7. The number of halogens is 1. The molecule has 1 aliphatic carbocycles. The van der Waals surface area contributed by atoms with E-state index >= 15 is 0 Å². The minimum atomic E-state index is -4.02. The molecule has 16 heteroatoms. The van der Waals surface area contributed by atoms with E-state index in [0.717, 1.165) is 29.5 Å². The molecular weight excluding hydrogens is 724 g/mol. The van der Waals surface area contributed by atoms with Gasteiger partial charge >= 0.3 is 5.97 Å². The molecule has 4 aromatic rings. The lowest BCUT2D eigenvalue weighted by Gasteiger charge is -2.24. The summed E-state index contributed by atoms with van der Waals surface area (Å²) in [5.74, 6) is -4.28. The summed E-state index contributed by atoms with van der Waals surface area (Å²) in [5, 5.41) is 18.2. The van der Waals surface area contributed by atoms with Crippen LogP contribution in [0.3, 0.4) is 0 Å². The number of anilines is 1. The lowest BCUT2D eigenvalue weighted by Crippen LogP contribution is -2.41. The lowest BCUT2D eigenvalue weighted by molar-refractivity contribution is -0.141. The summed E-state index contributed by atoms with van der Waals surface area (Å²) in [7, 11) is -2.55. The van der Waals surface area contributed by atoms with Gasteiger partial charge in [-0.2, -0.15) is 0 Å². The highest BCUT2D eigenvalue weighted by atomic mass is 32.2. The normalized spacial score (nSPS) is 13.0. The Morgan fingerprint density at radius 3 is 2.41 bits per heavy atom. The number of Topliss-reactive ketones (excluding diaryl/α,β-unsaturated/α-hetero) is 1. The van der Waals surface area contributed by atoms with E-state index in [2.05, 4.69) is 20.7 Å². The van der Waals surface area contributed by atoms with Crippen molar-refractivity contribution in [3.05, 3.63) is 101 Å². The van der Waals surface area contributed by atoms with Crippen molar-refractivity contribution in [3.63, 3.8) is 0 Å².